The zero-order chi connectivity index (χ0) is 11.5. The number of hydrogen-bond donors (Lipinski definition) is 2. The first-order valence-electron chi connectivity index (χ1n) is 4.92. The van der Waals surface area contributed by atoms with Gasteiger partial charge >= 0.3 is 0 Å². The lowest BCUT2D eigenvalue weighted by molar-refractivity contribution is 0.475. The van der Waals surface area contributed by atoms with Gasteiger partial charge in [0, 0.05) is 5.69 Å². The smallest absolute Gasteiger partial charge is 0.134 e. The largest absolute Gasteiger partial charge is 0.506 e. The first-order chi connectivity index (χ1) is 7.66. The van der Waals surface area contributed by atoms with Crippen LogP contribution in [0, 0.1) is 6.92 Å². The van der Waals surface area contributed by atoms with Crippen LogP contribution in [0.1, 0.15) is 11.3 Å². The summed E-state index contributed by atoms with van der Waals surface area (Å²) in [4.78, 5) is 0. The molecule has 0 aliphatic rings. The van der Waals surface area contributed by atoms with Gasteiger partial charge in [0.15, 0.2) is 0 Å². The van der Waals surface area contributed by atoms with Crippen LogP contribution in [0.3, 0.4) is 0 Å². The van der Waals surface area contributed by atoms with Crippen LogP contribution in [0.5, 0.6) is 5.75 Å². The Labute approximate surface area is 98.7 Å². The number of aromatic hydroxyl groups is 1. The summed E-state index contributed by atoms with van der Waals surface area (Å²) in [6, 6.07) is 6.91. The molecule has 1 aromatic heterocycles. The Kier molecular flexibility index (Phi) is 3.06. The zero-order valence-electron chi connectivity index (χ0n) is 8.83. The molecule has 0 fully saturated rings. The molecule has 2 rings (SSSR count). The minimum Gasteiger partial charge on any atom is -0.506 e. The normalized spacial score (nSPS) is 10.4. The van der Waals surface area contributed by atoms with Gasteiger partial charge in [-0.25, -0.2) is 0 Å². The van der Waals surface area contributed by atoms with Crippen LogP contribution in [-0.4, -0.2) is 5.11 Å². The molecule has 0 radical (unpaired) electrons. The summed E-state index contributed by atoms with van der Waals surface area (Å²) in [7, 11) is 0. The third-order valence-corrected chi connectivity index (χ3v) is 2.67. The average molecular weight is 238 g/mol. The second kappa shape index (κ2) is 4.49. The highest BCUT2D eigenvalue weighted by atomic mass is 35.5. The van der Waals surface area contributed by atoms with E-state index in [0.29, 0.717) is 11.6 Å². The first kappa shape index (κ1) is 10.9. The summed E-state index contributed by atoms with van der Waals surface area (Å²) >= 11 is 5.79. The number of phenols is 1. The molecule has 0 amide bonds. The second-order valence-electron chi connectivity index (χ2n) is 3.55. The van der Waals surface area contributed by atoms with E-state index in [-0.39, 0.29) is 5.75 Å². The van der Waals surface area contributed by atoms with Gasteiger partial charge in [0.25, 0.3) is 0 Å². The molecule has 0 aliphatic carbocycles. The standard InChI is InChI=1S/C12H12ClNO2/c1-8-4-5-16-12(8)7-14-9-2-3-11(15)10(13)6-9/h2-6,14-15H,7H2,1H3. The predicted molar refractivity (Wildman–Crippen MR) is 63.9 cm³/mol. The molecule has 3 nitrogen and oxygen atoms in total. The molecule has 0 unspecified atom stereocenters. The average Bonchev–Trinajstić information content (AvgIpc) is 2.66. The van der Waals surface area contributed by atoms with Gasteiger partial charge in [-0.1, -0.05) is 11.6 Å². The predicted octanol–water partition coefficient (Wildman–Crippen LogP) is 3.56. The molecule has 84 valence electrons. The molecule has 16 heavy (non-hydrogen) atoms. The molecule has 2 N–H and O–H groups in total. The Morgan fingerprint density at radius 2 is 2.19 bits per heavy atom. The maximum Gasteiger partial charge on any atom is 0.134 e. The van der Waals surface area contributed by atoms with Crippen molar-refractivity contribution in [2.75, 3.05) is 5.32 Å². The van der Waals surface area contributed by atoms with E-state index in [1.807, 2.05) is 13.0 Å². The summed E-state index contributed by atoms with van der Waals surface area (Å²) in [5.74, 6) is 0.977. The minimum absolute atomic E-state index is 0.0846. The fourth-order valence-corrected chi connectivity index (χ4v) is 1.56. The molecular formula is C12H12ClNO2. The van der Waals surface area contributed by atoms with Crippen LogP contribution < -0.4 is 5.32 Å². The topological polar surface area (TPSA) is 45.4 Å². The van der Waals surface area contributed by atoms with Crippen LogP contribution in [0.25, 0.3) is 0 Å². The Bertz CT molecular complexity index is 494. The van der Waals surface area contributed by atoms with Crippen molar-refractivity contribution in [2.24, 2.45) is 0 Å². The van der Waals surface area contributed by atoms with E-state index in [4.69, 9.17) is 16.0 Å². The van der Waals surface area contributed by atoms with Crippen molar-refractivity contribution in [1.29, 1.82) is 0 Å². The molecule has 0 saturated carbocycles. The van der Waals surface area contributed by atoms with Crippen molar-refractivity contribution >= 4 is 17.3 Å². The Morgan fingerprint density at radius 3 is 2.81 bits per heavy atom. The quantitative estimate of drug-likeness (QED) is 0.803. The number of nitrogens with one attached hydrogen (secondary N) is 1. The Balaban J connectivity index is 2.05. The molecule has 0 saturated heterocycles. The van der Waals surface area contributed by atoms with E-state index in [0.717, 1.165) is 17.0 Å². The van der Waals surface area contributed by atoms with E-state index >= 15 is 0 Å². The van der Waals surface area contributed by atoms with Crippen LogP contribution in [0.4, 0.5) is 5.69 Å². The van der Waals surface area contributed by atoms with E-state index in [9.17, 15) is 5.11 Å². The van der Waals surface area contributed by atoms with E-state index in [1.54, 1.807) is 24.5 Å². The zero-order valence-corrected chi connectivity index (χ0v) is 9.58. The van der Waals surface area contributed by atoms with Gasteiger partial charge in [-0.05, 0) is 36.8 Å². The van der Waals surface area contributed by atoms with Crippen LogP contribution >= 0.6 is 11.6 Å². The summed E-state index contributed by atoms with van der Waals surface area (Å²) in [6.07, 6.45) is 1.66. The monoisotopic (exact) mass is 237 g/mol. The van der Waals surface area contributed by atoms with Gasteiger partial charge in [-0.3, -0.25) is 0 Å². The number of benzene rings is 1. The number of anilines is 1. The maximum atomic E-state index is 9.26. The van der Waals surface area contributed by atoms with Gasteiger partial charge < -0.3 is 14.8 Å². The molecule has 2 aromatic rings. The number of aryl methyl sites for hydroxylation is 1. The molecule has 1 aromatic carbocycles. The van der Waals surface area contributed by atoms with Crippen molar-refractivity contribution in [2.45, 2.75) is 13.5 Å². The molecule has 0 spiro atoms. The maximum absolute atomic E-state index is 9.26. The second-order valence-corrected chi connectivity index (χ2v) is 3.95. The van der Waals surface area contributed by atoms with Crippen molar-refractivity contribution in [1.82, 2.24) is 0 Å². The highest BCUT2D eigenvalue weighted by molar-refractivity contribution is 6.32. The fraction of sp³-hybridized carbons (Fsp3) is 0.167. The summed E-state index contributed by atoms with van der Waals surface area (Å²) < 4.78 is 5.30. The molecule has 4 heteroatoms. The molecule has 1 heterocycles. The van der Waals surface area contributed by atoms with Gasteiger partial charge in [0.05, 0.1) is 17.8 Å². The van der Waals surface area contributed by atoms with Gasteiger partial charge in [0.1, 0.15) is 11.5 Å². The third kappa shape index (κ3) is 2.31. The van der Waals surface area contributed by atoms with Crippen molar-refractivity contribution < 1.29 is 9.52 Å². The minimum atomic E-state index is 0.0846. The highest BCUT2D eigenvalue weighted by Gasteiger charge is 2.03. The molecule has 0 aliphatic heterocycles. The number of phenolic OH excluding ortho intramolecular Hbond substituents is 1. The van der Waals surface area contributed by atoms with E-state index in [1.165, 1.54) is 0 Å². The number of halogens is 1. The highest BCUT2D eigenvalue weighted by Crippen LogP contribution is 2.26. The summed E-state index contributed by atoms with van der Waals surface area (Å²) in [5.41, 5.74) is 1.95. The third-order valence-electron chi connectivity index (χ3n) is 2.37. The molecule has 0 atom stereocenters. The molecule has 0 bridgehead atoms. The lowest BCUT2D eigenvalue weighted by Gasteiger charge is -2.06. The van der Waals surface area contributed by atoms with Crippen molar-refractivity contribution in [3.63, 3.8) is 0 Å². The van der Waals surface area contributed by atoms with Crippen LogP contribution in [0.2, 0.25) is 5.02 Å². The van der Waals surface area contributed by atoms with E-state index in [2.05, 4.69) is 5.32 Å². The lowest BCUT2D eigenvalue weighted by Crippen LogP contribution is -1.99. The number of furan rings is 1. The van der Waals surface area contributed by atoms with Gasteiger partial charge in [0.2, 0.25) is 0 Å². The van der Waals surface area contributed by atoms with Crippen LogP contribution in [0.15, 0.2) is 34.9 Å². The molecular weight excluding hydrogens is 226 g/mol. The number of rotatable bonds is 3. The summed E-state index contributed by atoms with van der Waals surface area (Å²) in [6.45, 7) is 2.59. The Hall–Kier alpha value is -1.61. The number of hydrogen-bond acceptors (Lipinski definition) is 3. The van der Waals surface area contributed by atoms with Crippen molar-refractivity contribution in [3.05, 3.63) is 46.9 Å². The fourth-order valence-electron chi connectivity index (χ4n) is 1.38. The van der Waals surface area contributed by atoms with E-state index < -0.39 is 0 Å². The Morgan fingerprint density at radius 1 is 1.38 bits per heavy atom. The van der Waals surface area contributed by atoms with Crippen LogP contribution in [-0.2, 0) is 6.54 Å². The summed E-state index contributed by atoms with van der Waals surface area (Å²) in [5, 5.41) is 12.8. The SMILES string of the molecule is Cc1ccoc1CNc1ccc(O)c(Cl)c1. The lowest BCUT2D eigenvalue weighted by atomic mass is 10.2. The van der Waals surface area contributed by atoms with Crippen molar-refractivity contribution in [3.8, 4) is 5.75 Å². The van der Waals surface area contributed by atoms with Gasteiger partial charge in [-0.2, -0.15) is 0 Å². The first-order valence-corrected chi connectivity index (χ1v) is 5.30. The van der Waals surface area contributed by atoms with Gasteiger partial charge in [-0.15, -0.1) is 0 Å².